The van der Waals surface area contributed by atoms with Crippen molar-refractivity contribution in [3.8, 4) is 0 Å². The maximum atomic E-state index is 5.48. The standard InChI is InChI=1S/C19H29BrN4O.HI/c1-3-21-19(22-13-16-4-5-17(20)12-15(16)2)24-7-6-18(14-24)23-8-10-25-11-9-23;/h4-5,12,18H,3,6-11,13-14H2,1-2H3,(H,21,22);1H. The van der Waals surface area contributed by atoms with Gasteiger partial charge >= 0.3 is 0 Å². The van der Waals surface area contributed by atoms with Gasteiger partial charge in [-0.25, -0.2) is 4.99 Å². The Labute approximate surface area is 182 Å². The summed E-state index contributed by atoms with van der Waals surface area (Å²) in [6, 6.07) is 7.03. The van der Waals surface area contributed by atoms with Crippen LogP contribution in [-0.2, 0) is 11.3 Å². The van der Waals surface area contributed by atoms with E-state index in [0.717, 1.165) is 62.9 Å². The van der Waals surface area contributed by atoms with E-state index in [2.05, 4.69) is 63.1 Å². The van der Waals surface area contributed by atoms with Gasteiger partial charge in [0.25, 0.3) is 0 Å². The summed E-state index contributed by atoms with van der Waals surface area (Å²) in [4.78, 5) is 9.90. The third kappa shape index (κ3) is 5.81. The third-order valence-corrected chi connectivity index (χ3v) is 5.56. The molecule has 1 N–H and O–H groups in total. The summed E-state index contributed by atoms with van der Waals surface area (Å²) < 4.78 is 6.61. The molecule has 0 radical (unpaired) electrons. The highest BCUT2D eigenvalue weighted by molar-refractivity contribution is 14.0. The SMILES string of the molecule is CCNC(=NCc1ccc(Br)cc1C)N1CCC(N2CCOCC2)C1.I. The molecule has 1 atom stereocenters. The number of halogens is 2. The van der Waals surface area contributed by atoms with Crippen LogP contribution in [0.5, 0.6) is 0 Å². The van der Waals surface area contributed by atoms with E-state index in [1.807, 2.05) is 0 Å². The Morgan fingerprint density at radius 1 is 1.31 bits per heavy atom. The van der Waals surface area contributed by atoms with E-state index in [9.17, 15) is 0 Å². The number of benzene rings is 1. The fourth-order valence-corrected chi connectivity index (χ4v) is 4.07. The molecule has 3 rings (SSSR count). The maximum Gasteiger partial charge on any atom is 0.194 e. The minimum absolute atomic E-state index is 0. The smallest absolute Gasteiger partial charge is 0.194 e. The van der Waals surface area contributed by atoms with E-state index in [1.165, 1.54) is 17.5 Å². The van der Waals surface area contributed by atoms with Gasteiger partial charge < -0.3 is 15.0 Å². The number of hydrogen-bond donors (Lipinski definition) is 1. The number of nitrogens with zero attached hydrogens (tertiary/aromatic N) is 3. The van der Waals surface area contributed by atoms with Gasteiger partial charge in [-0.2, -0.15) is 0 Å². The van der Waals surface area contributed by atoms with E-state index in [-0.39, 0.29) is 24.0 Å². The van der Waals surface area contributed by atoms with Crippen LogP contribution in [0.1, 0.15) is 24.5 Å². The Morgan fingerprint density at radius 3 is 2.77 bits per heavy atom. The fraction of sp³-hybridized carbons (Fsp3) is 0.632. The van der Waals surface area contributed by atoms with Gasteiger partial charge in [0.1, 0.15) is 0 Å². The lowest BCUT2D eigenvalue weighted by atomic mass is 10.1. The molecule has 7 heteroatoms. The van der Waals surface area contributed by atoms with Crippen molar-refractivity contribution in [2.75, 3.05) is 45.9 Å². The van der Waals surface area contributed by atoms with Crippen molar-refractivity contribution in [2.45, 2.75) is 32.9 Å². The summed E-state index contributed by atoms with van der Waals surface area (Å²) in [5, 5.41) is 3.47. The Morgan fingerprint density at radius 2 is 2.08 bits per heavy atom. The first-order chi connectivity index (χ1) is 12.2. The molecule has 2 heterocycles. The van der Waals surface area contributed by atoms with Gasteiger partial charge in [-0.15, -0.1) is 24.0 Å². The topological polar surface area (TPSA) is 40.1 Å². The number of nitrogens with one attached hydrogen (secondary N) is 1. The molecule has 0 aromatic heterocycles. The molecule has 1 unspecified atom stereocenters. The lowest BCUT2D eigenvalue weighted by Gasteiger charge is -2.32. The van der Waals surface area contributed by atoms with E-state index in [4.69, 9.17) is 9.73 Å². The quantitative estimate of drug-likeness (QED) is 0.364. The van der Waals surface area contributed by atoms with Gasteiger partial charge in [0.2, 0.25) is 0 Å². The maximum absolute atomic E-state index is 5.48. The third-order valence-electron chi connectivity index (χ3n) is 5.06. The van der Waals surface area contributed by atoms with Crippen molar-refractivity contribution in [1.82, 2.24) is 15.1 Å². The van der Waals surface area contributed by atoms with Crippen LogP contribution in [0.4, 0.5) is 0 Å². The van der Waals surface area contributed by atoms with Gasteiger partial charge in [0.15, 0.2) is 5.96 Å². The van der Waals surface area contributed by atoms with Crippen LogP contribution in [-0.4, -0.2) is 67.7 Å². The van der Waals surface area contributed by atoms with Crippen LogP contribution in [0.2, 0.25) is 0 Å². The molecule has 1 aromatic carbocycles. The molecule has 0 spiro atoms. The van der Waals surface area contributed by atoms with Crippen molar-refractivity contribution >= 4 is 45.9 Å². The monoisotopic (exact) mass is 536 g/mol. The number of aryl methyl sites for hydroxylation is 1. The largest absolute Gasteiger partial charge is 0.379 e. The summed E-state index contributed by atoms with van der Waals surface area (Å²) in [5.41, 5.74) is 2.56. The molecule has 0 bridgehead atoms. The average Bonchev–Trinajstić information content (AvgIpc) is 3.10. The predicted octanol–water partition coefficient (Wildman–Crippen LogP) is 3.25. The molecule has 2 aliphatic heterocycles. The van der Waals surface area contributed by atoms with E-state index >= 15 is 0 Å². The van der Waals surface area contributed by atoms with Crippen LogP contribution < -0.4 is 5.32 Å². The first-order valence-corrected chi connectivity index (χ1v) is 10.1. The van der Waals surface area contributed by atoms with Gasteiger partial charge in [0, 0.05) is 43.2 Å². The highest BCUT2D eigenvalue weighted by atomic mass is 127. The highest BCUT2D eigenvalue weighted by Gasteiger charge is 2.30. The Hall–Kier alpha value is -0.380. The second-order valence-electron chi connectivity index (χ2n) is 6.78. The minimum atomic E-state index is 0. The molecule has 2 saturated heterocycles. The molecule has 5 nitrogen and oxygen atoms in total. The van der Waals surface area contributed by atoms with Crippen molar-refractivity contribution in [3.05, 3.63) is 33.8 Å². The number of rotatable bonds is 4. The van der Waals surface area contributed by atoms with Crippen molar-refractivity contribution in [2.24, 2.45) is 4.99 Å². The summed E-state index contributed by atoms with van der Waals surface area (Å²) >= 11 is 3.53. The number of morpholine rings is 1. The van der Waals surface area contributed by atoms with Crippen molar-refractivity contribution in [1.29, 1.82) is 0 Å². The number of ether oxygens (including phenoxy) is 1. The molecule has 2 aliphatic rings. The Bertz CT molecular complexity index is 607. The van der Waals surface area contributed by atoms with Crippen LogP contribution in [0.25, 0.3) is 0 Å². The Kier molecular flexibility index (Phi) is 9.12. The van der Waals surface area contributed by atoms with E-state index in [1.54, 1.807) is 0 Å². The summed E-state index contributed by atoms with van der Waals surface area (Å²) in [6.45, 7) is 11.9. The molecule has 1 aromatic rings. The molecule has 2 fully saturated rings. The molecule has 0 amide bonds. The summed E-state index contributed by atoms with van der Waals surface area (Å²) in [6.07, 6.45) is 1.21. The lowest BCUT2D eigenvalue weighted by Crippen LogP contribution is -2.46. The molecule has 0 saturated carbocycles. The molecule has 0 aliphatic carbocycles. The Balaban J connectivity index is 0.00000243. The number of likely N-dealkylation sites (tertiary alicyclic amines) is 1. The van der Waals surface area contributed by atoms with Crippen molar-refractivity contribution < 1.29 is 4.74 Å². The van der Waals surface area contributed by atoms with Crippen LogP contribution >= 0.6 is 39.9 Å². The minimum Gasteiger partial charge on any atom is -0.379 e. The van der Waals surface area contributed by atoms with E-state index in [0.29, 0.717) is 6.04 Å². The molecule has 26 heavy (non-hydrogen) atoms. The fourth-order valence-electron chi connectivity index (χ4n) is 3.60. The van der Waals surface area contributed by atoms with Crippen LogP contribution in [0.15, 0.2) is 27.7 Å². The number of hydrogen-bond acceptors (Lipinski definition) is 3. The average molecular weight is 537 g/mol. The number of aliphatic imine (C=N–C) groups is 1. The normalized spacial score (nSPS) is 21.6. The zero-order valence-corrected chi connectivity index (χ0v) is 19.6. The second kappa shape index (κ2) is 10.8. The van der Waals surface area contributed by atoms with Gasteiger partial charge in [0.05, 0.1) is 19.8 Å². The lowest BCUT2D eigenvalue weighted by molar-refractivity contribution is 0.0195. The van der Waals surface area contributed by atoms with Gasteiger partial charge in [-0.3, -0.25) is 4.90 Å². The van der Waals surface area contributed by atoms with Gasteiger partial charge in [-0.1, -0.05) is 22.0 Å². The first kappa shape index (κ1) is 21.9. The van der Waals surface area contributed by atoms with Crippen LogP contribution in [0.3, 0.4) is 0 Å². The zero-order chi connectivity index (χ0) is 17.6. The van der Waals surface area contributed by atoms with Crippen molar-refractivity contribution in [3.63, 3.8) is 0 Å². The highest BCUT2D eigenvalue weighted by Crippen LogP contribution is 2.19. The molecular formula is C19H30BrIN4O. The molecular weight excluding hydrogens is 507 g/mol. The van der Waals surface area contributed by atoms with Gasteiger partial charge in [-0.05, 0) is 43.5 Å². The summed E-state index contributed by atoms with van der Waals surface area (Å²) in [7, 11) is 0. The predicted molar refractivity (Wildman–Crippen MR) is 121 cm³/mol. The van der Waals surface area contributed by atoms with E-state index < -0.39 is 0 Å². The number of guanidine groups is 1. The second-order valence-corrected chi connectivity index (χ2v) is 7.69. The first-order valence-electron chi connectivity index (χ1n) is 9.27. The van der Waals surface area contributed by atoms with Crippen LogP contribution in [0, 0.1) is 6.92 Å². The zero-order valence-electron chi connectivity index (χ0n) is 15.7. The summed E-state index contributed by atoms with van der Waals surface area (Å²) in [5.74, 6) is 1.04. The molecule has 146 valence electrons.